The zero-order chi connectivity index (χ0) is 27.2. The van der Waals surface area contributed by atoms with Crippen molar-refractivity contribution in [2.24, 2.45) is 0 Å². The maximum atomic E-state index is 5.53. The van der Waals surface area contributed by atoms with Crippen LogP contribution in [-0.2, 0) is 0 Å². The predicted molar refractivity (Wildman–Crippen MR) is 156 cm³/mol. The Kier molecular flexibility index (Phi) is 8.21. The van der Waals surface area contributed by atoms with Crippen molar-refractivity contribution >= 4 is 34.2 Å². The van der Waals surface area contributed by atoms with Gasteiger partial charge in [-0.15, -0.1) is 6.58 Å². The Morgan fingerprint density at radius 1 is 0.921 bits per heavy atom. The topological polar surface area (TPSA) is 76.5 Å². The number of hydrogen-bond donors (Lipinski definition) is 0. The second kappa shape index (κ2) is 11.7. The second-order valence-electron chi connectivity index (χ2n) is 9.15. The highest BCUT2D eigenvalue weighted by atomic mass is 16.5. The number of nitrogens with zero attached hydrogens (tertiary/aromatic N) is 6. The van der Waals surface area contributed by atoms with Gasteiger partial charge in [-0.1, -0.05) is 18.2 Å². The van der Waals surface area contributed by atoms with Gasteiger partial charge in [0.15, 0.2) is 23.1 Å². The molecule has 0 atom stereocenters. The lowest BCUT2D eigenvalue weighted by Crippen LogP contribution is -2.20. The largest absolute Gasteiger partial charge is 0.493 e. The van der Waals surface area contributed by atoms with Gasteiger partial charge in [-0.3, -0.25) is 0 Å². The normalized spacial score (nSPS) is 11.4. The van der Waals surface area contributed by atoms with Gasteiger partial charge < -0.3 is 19.3 Å². The molecule has 0 saturated heterocycles. The highest BCUT2D eigenvalue weighted by Crippen LogP contribution is 2.33. The third kappa shape index (κ3) is 5.75. The molecule has 4 aromatic rings. The maximum Gasteiger partial charge on any atom is 0.161 e. The van der Waals surface area contributed by atoms with E-state index in [1.54, 1.807) is 14.2 Å². The average molecular weight is 511 g/mol. The summed E-state index contributed by atoms with van der Waals surface area (Å²) in [5.41, 5.74) is 3.42. The van der Waals surface area contributed by atoms with Crippen molar-refractivity contribution in [2.45, 2.75) is 13.3 Å². The SMILES string of the molecule is C=CCCN(C)c1cc(-c2ccc(OC)c(OC)c2)nc(C=C(C)c2nc(N(C)C)c3ccccc3n2)n1. The minimum atomic E-state index is 0.568. The molecular formula is C30H34N6O2. The van der Waals surface area contributed by atoms with E-state index in [0.717, 1.165) is 52.3 Å². The molecule has 0 aliphatic rings. The Bertz CT molecular complexity index is 1480. The van der Waals surface area contributed by atoms with Gasteiger partial charge in [-0.25, -0.2) is 19.9 Å². The van der Waals surface area contributed by atoms with E-state index in [2.05, 4.69) is 11.5 Å². The molecular weight excluding hydrogens is 476 g/mol. The van der Waals surface area contributed by atoms with Gasteiger partial charge in [0.05, 0.1) is 25.4 Å². The molecule has 0 amide bonds. The highest BCUT2D eigenvalue weighted by Gasteiger charge is 2.14. The predicted octanol–water partition coefficient (Wildman–Crippen LogP) is 5.74. The number of anilines is 2. The van der Waals surface area contributed by atoms with E-state index in [1.807, 2.05) is 93.6 Å². The molecule has 0 fully saturated rings. The summed E-state index contributed by atoms with van der Waals surface area (Å²) in [7, 11) is 9.23. The Morgan fingerprint density at radius 3 is 2.39 bits per heavy atom. The van der Waals surface area contributed by atoms with Crippen LogP contribution in [0.2, 0.25) is 0 Å². The molecule has 2 heterocycles. The third-order valence-electron chi connectivity index (χ3n) is 6.17. The zero-order valence-electron chi connectivity index (χ0n) is 22.9. The first-order valence-corrected chi connectivity index (χ1v) is 12.4. The molecule has 0 saturated carbocycles. The maximum absolute atomic E-state index is 5.53. The Labute approximate surface area is 224 Å². The number of fused-ring (bicyclic) bond motifs is 1. The average Bonchev–Trinajstić information content (AvgIpc) is 2.94. The van der Waals surface area contributed by atoms with Crippen LogP contribution in [0, 0.1) is 0 Å². The van der Waals surface area contributed by atoms with Crippen molar-refractivity contribution in [2.75, 3.05) is 51.7 Å². The van der Waals surface area contributed by atoms with Crippen LogP contribution in [0.25, 0.3) is 33.8 Å². The van der Waals surface area contributed by atoms with Gasteiger partial charge in [-0.2, -0.15) is 0 Å². The van der Waals surface area contributed by atoms with Crippen molar-refractivity contribution in [3.8, 4) is 22.8 Å². The summed E-state index contributed by atoms with van der Waals surface area (Å²) < 4.78 is 10.9. The van der Waals surface area contributed by atoms with Crippen LogP contribution >= 0.6 is 0 Å². The lowest BCUT2D eigenvalue weighted by Gasteiger charge is -2.19. The van der Waals surface area contributed by atoms with Gasteiger partial charge in [-0.05, 0) is 55.3 Å². The fourth-order valence-corrected chi connectivity index (χ4v) is 4.09. The van der Waals surface area contributed by atoms with E-state index >= 15 is 0 Å². The van der Waals surface area contributed by atoms with Crippen molar-refractivity contribution in [1.82, 2.24) is 19.9 Å². The van der Waals surface area contributed by atoms with Crippen LogP contribution < -0.4 is 19.3 Å². The molecule has 0 bridgehead atoms. The van der Waals surface area contributed by atoms with Crippen molar-refractivity contribution in [3.63, 3.8) is 0 Å². The van der Waals surface area contributed by atoms with Crippen molar-refractivity contribution in [1.29, 1.82) is 0 Å². The van der Waals surface area contributed by atoms with Crippen LogP contribution in [0.3, 0.4) is 0 Å². The second-order valence-corrected chi connectivity index (χ2v) is 9.15. The lowest BCUT2D eigenvalue weighted by molar-refractivity contribution is 0.355. The number of methoxy groups -OCH3 is 2. The molecule has 0 radical (unpaired) electrons. The zero-order valence-corrected chi connectivity index (χ0v) is 22.9. The fourth-order valence-electron chi connectivity index (χ4n) is 4.09. The summed E-state index contributed by atoms with van der Waals surface area (Å²) in [5.74, 6) is 4.17. The van der Waals surface area contributed by atoms with Crippen molar-refractivity contribution in [3.05, 3.63) is 72.8 Å². The molecule has 0 spiro atoms. The molecule has 2 aromatic heterocycles. The summed E-state index contributed by atoms with van der Waals surface area (Å²) in [6, 6.07) is 15.8. The Hall–Kier alpha value is -4.46. The fraction of sp³-hybridized carbons (Fsp3) is 0.267. The van der Waals surface area contributed by atoms with Gasteiger partial charge in [0.1, 0.15) is 11.6 Å². The van der Waals surface area contributed by atoms with E-state index in [0.29, 0.717) is 23.1 Å². The summed E-state index contributed by atoms with van der Waals surface area (Å²) in [4.78, 5) is 23.5. The molecule has 0 aliphatic heterocycles. The van der Waals surface area contributed by atoms with E-state index < -0.39 is 0 Å². The number of hydrogen-bond acceptors (Lipinski definition) is 8. The van der Waals surface area contributed by atoms with Gasteiger partial charge >= 0.3 is 0 Å². The van der Waals surface area contributed by atoms with Crippen LogP contribution in [0.5, 0.6) is 11.5 Å². The van der Waals surface area contributed by atoms with E-state index in [9.17, 15) is 0 Å². The molecule has 0 aliphatic carbocycles. The molecule has 8 nitrogen and oxygen atoms in total. The van der Waals surface area contributed by atoms with E-state index in [4.69, 9.17) is 29.4 Å². The van der Waals surface area contributed by atoms with E-state index in [1.165, 1.54) is 0 Å². The van der Waals surface area contributed by atoms with Crippen LogP contribution in [0.15, 0.2) is 61.2 Å². The molecule has 196 valence electrons. The van der Waals surface area contributed by atoms with Gasteiger partial charge in [0.2, 0.25) is 0 Å². The van der Waals surface area contributed by atoms with E-state index in [-0.39, 0.29) is 0 Å². The smallest absolute Gasteiger partial charge is 0.161 e. The van der Waals surface area contributed by atoms with Gasteiger partial charge in [0, 0.05) is 44.7 Å². The first-order valence-electron chi connectivity index (χ1n) is 12.4. The van der Waals surface area contributed by atoms with Crippen LogP contribution in [0.1, 0.15) is 25.0 Å². The number of benzene rings is 2. The van der Waals surface area contributed by atoms with Gasteiger partial charge in [0.25, 0.3) is 0 Å². The third-order valence-corrected chi connectivity index (χ3v) is 6.17. The minimum Gasteiger partial charge on any atom is -0.493 e. The number of rotatable bonds is 10. The first kappa shape index (κ1) is 26.6. The highest BCUT2D eigenvalue weighted by molar-refractivity contribution is 5.91. The lowest BCUT2D eigenvalue weighted by atomic mass is 10.1. The molecule has 0 N–H and O–H groups in total. The summed E-state index contributed by atoms with van der Waals surface area (Å²) >= 11 is 0. The quantitative estimate of drug-likeness (QED) is 0.250. The number of para-hydroxylation sites is 1. The molecule has 38 heavy (non-hydrogen) atoms. The van der Waals surface area contributed by atoms with Crippen LogP contribution in [-0.4, -0.2) is 61.8 Å². The number of allylic oxidation sites excluding steroid dienone is 1. The number of ether oxygens (including phenoxy) is 2. The molecule has 2 aromatic carbocycles. The standard InChI is InChI=1S/C30H34N6O2/c1-8-9-16-36(5)28-19-24(21-14-15-25(37-6)26(18-21)38-7)31-27(33-28)17-20(2)29-32-23-13-11-10-12-22(23)30(34-29)35(3)4/h8,10-15,17-19H,1,9,16H2,2-7H3. The molecule has 8 heteroatoms. The Balaban J connectivity index is 1.83. The van der Waals surface area contributed by atoms with Crippen LogP contribution in [0.4, 0.5) is 11.6 Å². The monoisotopic (exact) mass is 510 g/mol. The summed E-state index contributed by atoms with van der Waals surface area (Å²) in [5, 5.41) is 1.01. The molecule has 4 rings (SSSR count). The summed E-state index contributed by atoms with van der Waals surface area (Å²) in [6.45, 7) is 6.62. The number of aromatic nitrogens is 4. The first-order chi connectivity index (χ1) is 18.3. The van der Waals surface area contributed by atoms with Crippen molar-refractivity contribution < 1.29 is 9.47 Å². The summed E-state index contributed by atoms with van der Waals surface area (Å²) in [6.07, 6.45) is 4.67. The molecule has 0 unspecified atom stereocenters. The Morgan fingerprint density at radius 2 is 1.68 bits per heavy atom. The minimum absolute atomic E-state index is 0.568.